The number of aromatic carboxylic acids is 2. The average molecular weight is 479 g/mol. The highest BCUT2D eigenvalue weighted by Crippen LogP contribution is 2.39. The predicted octanol–water partition coefficient (Wildman–Crippen LogP) is 4.52. The van der Waals surface area contributed by atoms with E-state index in [4.69, 9.17) is 15.2 Å². The van der Waals surface area contributed by atoms with Gasteiger partial charge >= 0.3 is 11.9 Å². The van der Waals surface area contributed by atoms with Gasteiger partial charge in [-0.25, -0.2) is 14.6 Å². The molecule has 0 spiro atoms. The Labute approximate surface area is 201 Å². The lowest BCUT2D eigenvalue weighted by Crippen LogP contribution is -2.47. The van der Waals surface area contributed by atoms with Crippen LogP contribution in [0, 0.1) is 6.92 Å². The van der Waals surface area contributed by atoms with Gasteiger partial charge in [0, 0.05) is 31.1 Å². The summed E-state index contributed by atoms with van der Waals surface area (Å²) in [6.07, 6.45) is 0. The number of likely N-dealkylation sites (N-methyl/N-ethyl adjacent to an activating group) is 1. The van der Waals surface area contributed by atoms with Crippen LogP contribution in [0.25, 0.3) is 0 Å². The molecular formula is C25H26N4O4S. The first kappa shape index (κ1) is 23.5. The van der Waals surface area contributed by atoms with Crippen LogP contribution >= 0.6 is 11.3 Å². The molecule has 34 heavy (non-hydrogen) atoms. The monoisotopic (exact) mass is 478 g/mol. The molecule has 0 radical (unpaired) electrons. The molecule has 3 N–H and O–H groups in total. The van der Waals surface area contributed by atoms with Gasteiger partial charge in [-0.2, -0.15) is 0 Å². The van der Waals surface area contributed by atoms with Crippen molar-refractivity contribution in [3.8, 4) is 0 Å². The molecule has 8 nitrogen and oxygen atoms in total. The molecule has 3 heterocycles. The lowest BCUT2D eigenvalue weighted by molar-refractivity contribution is 0.0651. The number of aryl methyl sites for hydroxylation is 1. The molecule has 5 rings (SSSR count). The van der Waals surface area contributed by atoms with Gasteiger partial charge in [0.05, 0.1) is 28.1 Å². The van der Waals surface area contributed by atoms with Crippen molar-refractivity contribution in [3.63, 3.8) is 0 Å². The van der Waals surface area contributed by atoms with E-state index in [-0.39, 0.29) is 11.1 Å². The molecule has 3 aromatic rings. The minimum absolute atomic E-state index is 0.190. The van der Waals surface area contributed by atoms with Gasteiger partial charge in [0.15, 0.2) is 0 Å². The summed E-state index contributed by atoms with van der Waals surface area (Å²) in [6.45, 7) is 6.41. The van der Waals surface area contributed by atoms with Crippen molar-refractivity contribution in [2.45, 2.75) is 6.92 Å². The third-order valence-corrected chi connectivity index (χ3v) is 6.63. The molecular weight excluding hydrogens is 452 g/mol. The lowest BCUT2D eigenvalue weighted by Gasteiger charge is -2.34. The summed E-state index contributed by atoms with van der Waals surface area (Å²) in [4.78, 5) is 32.1. The Hall–Kier alpha value is -3.69. The van der Waals surface area contributed by atoms with Gasteiger partial charge in [0.1, 0.15) is 10.8 Å². The van der Waals surface area contributed by atoms with Crippen molar-refractivity contribution in [2.75, 3.05) is 38.5 Å². The second-order valence-electron chi connectivity index (χ2n) is 8.12. The summed E-state index contributed by atoms with van der Waals surface area (Å²) >= 11 is 1.81. The zero-order valence-corrected chi connectivity index (χ0v) is 19.8. The minimum Gasteiger partial charge on any atom is -0.478 e. The first-order valence-corrected chi connectivity index (χ1v) is 11.7. The van der Waals surface area contributed by atoms with Crippen LogP contribution in [-0.2, 0) is 0 Å². The molecule has 176 valence electrons. The summed E-state index contributed by atoms with van der Waals surface area (Å²) in [6, 6.07) is 16.0. The zero-order chi connectivity index (χ0) is 24.2. The van der Waals surface area contributed by atoms with Crippen LogP contribution in [0.3, 0.4) is 0 Å². The smallest absolute Gasteiger partial charge is 0.336 e. The van der Waals surface area contributed by atoms with E-state index >= 15 is 0 Å². The van der Waals surface area contributed by atoms with Crippen LogP contribution in [0.5, 0.6) is 0 Å². The molecule has 9 heteroatoms. The third kappa shape index (κ3) is 5.11. The fourth-order valence-corrected chi connectivity index (χ4v) is 4.78. The molecule has 0 bridgehead atoms. The molecule has 0 unspecified atom stereocenters. The van der Waals surface area contributed by atoms with Crippen molar-refractivity contribution < 1.29 is 19.8 Å². The van der Waals surface area contributed by atoms with Crippen LogP contribution in [0.2, 0.25) is 0 Å². The molecule has 1 saturated heterocycles. The van der Waals surface area contributed by atoms with E-state index in [1.165, 1.54) is 39.7 Å². The van der Waals surface area contributed by atoms with E-state index in [0.29, 0.717) is 0 Å². The van der Waals surface area contributed by atoms with Crippen LogP contribution in [-0.4, -0.2) is 71.0 Å². The molecule has 2 aliphatic heterocycles. The number of carboxylic acid groups (broad SMARTS) is 2. The third-order valence-electron chi connectivity index (χ3n) is 5.67. The van der Waals surface area contributed by atoms with Gasteiger partial charge in [0.25, 0.3) is 0 Å². The summed E-state index contributed by atoms with van der Waals surface area (Å²) < 4.78 is 0. The number of fused-ring (bicyclic) bond motifs is 2. The maximum atomic E-state index is 10.5. The molecule has 2 aliphatic rings. The van der Waals surface area contributed by atoms with Crippen molar-refractivity contribution >= 4 is 45.5 Å². The molecule has 0 atom stereocenters. The van der Waals surface area contributed by atoms with Crippen molar-refractivity contribution in [3.05, 3.63) is 76.2 Å². The van der Waals surface area contributed by atoms with Gasteiger partial charge in [-0.1, -0.05) is 24.3 Å². The fraction of sp³-hybridized carbons (Fsp3) is 0.240. The second-order valence-corrected chi connectivity index (χ2v) is 9.38. The van der Waals surface area contributed by atoms with Gasteiger partial charge in [-0.3, -0.25) is 0 Å². The number of hydrogen-bond acceptors (Lipinski definition) is 7. The maximum Gasteiger partial charge on any atom is 0.336 e. The van der Waals surface area contributed by atoms with E-state index in [0.717, 1.165) is 43.4 Å². The number of para-hydroxylation sites is 2. The number of amidine groups is 1. The van der Waals surface area contributed by atoms with Gasteiger partial charge < -0.3 is 25.3 Å². The first-order valence-electron chi connectivity index (χ1n) is 10.9. The zero-order valence-electron chi connectivity index (χ0n) is 19.0. The molecule has 0 saturated carbocycles. The Morgan fingerprint density at radius 3 is 2.15 bits per heavy atom. The number of carboxylic acids is 2. The average Bonchev–Trinajstić information content (AvgIpc) is 3.11. The van der Waals surface area contributed by atoms with Crippen molar-refractivity contribution in [1.82, 2.24) is 9.80 Å². The Kier molecular flexibility index (Phi) is 6.95. The number of nitrogens with zero attached hydrogens (tertiary/aromatic N) is 3. The number of aliphatic imine (C=N–C) groups is 1. The summed E-state index contributed by atoms with van der Waals surface area (Å²) in [5.41, 5.74) is 2.98. The highest BCUT2D eigenvalue weighted by Gasteiger charge is 2.25. The van der Waals surface area contributed by atoms with E-state index in [2.05, 4.69) is 59.4 Å². The largest absolute Gasteiger partial charge is 0.478 e. The van der Waals surface area contributed by atoms with E-state index in [9.17, 15) is 9.59 Å². The number of thiophene rings is 1. The summed E-state index contributed by atoms with van der Waals surface area (Å²) in [5, 5.41) is 21.9. The summed E-state index contributed by atoms with van der Waals surface area (Å²) in [5.74, 6) is -1.34. The molecule has 0 aliphatic carbocycles. The highest BCUT2D eigenvalue weighted by atomic mass is 32.1. The maximum absolute atomic E-state index is 10.5. The van der Waals surface area contributed by atoms with E-state index in [1.807, 2.05) is 0 Å². The van der Waals surface area contributed by atoms with Crippen LogP contribution in [0.4, 0.5) is 16.4 Å². The standard InChI is InChI=1S/C17H20N4S.C8H6O4/c1-12-11-13-16(21-9-7-20(2)8-10-21)18-14-5-3-4-6-15(14)19-17(13)22-12;9-7(10)5-3-1-2-4-6(5)8(11)12/h3-6,11,19H,7-10H2,1-2H3;1-4H,(H,9,10)(H,11,12). The highest BCUT2D eigenvalue weighted by molar-refractivity contribution is 7.16. The Bertz CT molecular complexity index is 1210. The Morgan fingerprint density at radius 2 is 1.53 bits per heavy atom. The van der Waals surface area contributed by atoms with Gasteiger partial charge in [0.2, 0.25) is 0 Å². The van der Waals surface area contributed by atoms with Crippen molar-refractivity contribution in [2.24, 2.45) is 4.99 Å². The normalized spacial score (nSPS) is 15.0. The number of benzene rings is 2. The van der Waals surface area contributed by atoms with E-state index < -0.39 is 11.9 Å². The molecule has 0 amide bonds. The van der Waals surface area contributed by atoms with Gasteiger partial charge in [-0.15, -0.1) is 11.3 Å². The lowest BCUT2D eigenvalue weighted by atomic mass is 10.1. The Balaban J connectivity index is 0.000000195. The van der Waals surface area contributed by atoms with E-state index in [1.54, 1.807) is 11.3 Å². The second kappa shape index (κ2) is 10.1. The number of piperazine rings is 1. The quantitative estimate of drug-likeness (QED) is 0.497. The number of carbonyl (C=O) groups is 2. The molecule has 2 aromatic carbocycles. The number of nitrogens with one attached hydrogen (secondary N) is 1. The SMILES string of the molecule is Cc1cc2c(s1)Nc1ccccc1N=C2N1CCN(C)CC1.O=C(O)c1ccccc1C(=O)O. The Morgan fingerprint density at radius 1 is 0.941 bits per heavy atom. The van der Waals surface area contributed by atoms with Crippen LogP contribution in [0.15, 0.2) is 59.6 Å². The predicted molar refractivity (Wildman–Crippen MR) is 134 cm³/mol. The molecule has 1 fully saturated rings. The first-order chi connectivity index (χ1) is 16.3. The molecule has 1 aromatic heterocycles. The topological polar surface area (TPSA) is 105 Å². The minimum atomic E-state index is -1.23. The van der Waals surface area contributed by atoms with Crippen LogP contribution in [0.1, 0.15) is 31.2 Å². The number of anilines is 2. The van der Waals surface area contributed by atoms with Gasteiger partial charge in [-0.05, 0) is 44.3 Å². The van der Waals surface area contributed by atoms with Crippen molar-refractivity contribution in [1.29, 1.82) is 0 Å². The summed E-state index contributed by atoms with van der Waals surface area (Å²) in [7, 11) is 2.18. The van der Waals surface area contributed by atoms with Crippen LogP contribution < -0.4 is 5.32 Å². The fourth-order valence-electron chi connectivity index (χ4n) is 3.86. The number of rotatable bonds is 2. The number of hydrogen-bond donors (Lipinski definition) is 3.